The van der Waals surface area contributed by atoms with Gasteiger partial charge in [0, 0.05) is 6.20 Å². The summed E-state index contributed by atoms with van der Waals surface area (Å²) in [6.07, 6.45) is 2.28. The fourth-order valence-corrected chi connectivity index (χ4v) is 1.23. The Hall–Kier alpha value is -1.62. The van der Waals surface area contributed by atoms with Crippen molar-refractivity contribution in [2.45, 2.75) is 25.8 Å². The Balaban J connectivity index is 3.01. The molecule has 0 radical (unpaired) electrons. The van der Waals surface area contributed by atoms with E-state index in [9.17, 15) is 9.90 Å². The molecule has 0 spiro atoms. The second-order valence-electron chi connectivity index (χ2n) is 3.96. The number of amides is 1. The highest BCUT2D eigenvalue weighted by Crippen LogP contribution is 2.19. The van der Waals surface area contributed by atoms with E-state index in [1.54, 1.807) is 18.3 Å². The van der Waals surface area contributed by atoms with Gasteiger partial charge in [-0.1, -0.05) is 6.92 Å². The molecule has 0 aromatic carbocycles. The van der Waals surface area contributed by atoms with Gasteiger partial charge in [-0.3, -0.25) is 4.79 Å². The number of aromatic nitrogens is 1. The number of pyridine rings is 1. The highest BCUT2D eigenvalue weighted by atomic mass is 16.3. The summed E-state index contributed by atoms with van der Waals surface area (Å²) in [6, 6.07) is 3.25. The molecule has 16 heavy (non-hydrogen) atoms. The highest BCUT2D eigenvalue weighted by molar-refractivity contribution is 5.97. The van der Waals surface area contributed by atoms with E-state index in [0.29, 0.717) is 17.8 Å². The molecule has 0 saturated heterocycles. The lowest BCUT2D eigenvalue weighted by molar-refractivity contribution is 0.100. The van der Waals surface area contributed by atoms with Crippen molar-refractivity contribution < 1.29 is 9.90 Å². The maximum absolute atomic E-state index is 11.2. The monoisotopic (exact) mass is 223 g/mol. The number of aliphatic hydroxyl groups excluding tert-OH is 1. The molecule has 0 aliphatic carbocycles. The molecule has 5 nitrogen and oxygen atoms in total. The third-order valence-electron chi connectivity index (χ3n) is 2.62. The van der Waals surface area contributed by atoms with Crippen LogP contribution in [-0.2, 0) is 0 Å². The Morgan fingerprint density at radius 2 is 2.38 bits per heavy atom. The zero-order valence-corrected chi connectivity index (χ0v) is 9.53. The molecule has 1 unspecified atom stereocenters. The number of carbonyl (C=O) groups is 1. The van der Waals surface area contributed by atoms with Gasteiger partial charge in [0.1, 0.15) is 5.82 Å². The number of rotatable bonds is 5. The topological polar surface area (TPSA) is 88.2 Å². The van der Waals surface area contributed by atoms with E-state index < -0.39 is 11.4 Å². The maximum Gasteiger partial charge on any atom is 0.252 e. The van der Waals surface area contributed by atoms with Crippen LogP contribution < -0.4 is 11.1 Å². The summed E-state index contributed by atoms with van der Waals surface area (Å²) >= 11 is 0. The van der Waals surface area contributed by atoms with Gasteiger partial charge in [-0.05, 0) is 25.5 Å². The molecule has 1 amide bonds. The molecule has 4 N–H and O–H groups in total. The van der Waals surface area contributed by atoms with Gasteiger partial charge in [-0.2, -0.15) is 0 Å². The van der Waals surface area contributed by atoms with Crippen LogP contribution in [-0.4, -0.2) is 28.1 Å². The second kappa shape index (κ2) is 4.94. The van der Waals surface area contributed by atoms with E-state index >= 15 is 0 Å². The Morgan fingerprint density at radius 3 is 2.88 bits per heavy atom. The first-order valence-electron chi connectivity index (χ1n) is 5.16. The molecular weight excluding hydrogens is 206 g/mol. The van der Waals surface area contributed by atoms with Crippen LogP contribution in [0, 0.1) is 0 Å². The first-order chi connectivity index (χ1) is 7.52. The van der Waals surface area contributed by atoms with Crippen molar-refractivity contribution in [2.75, 3.05) is 11.9 Å². The van der Waals surface area contributed by atoms with Gasteiger partial charge in [-0.25, -0.2) is 4.98 Å². The van der Waals surface area contributed by atoms with E-state index in [1.165, 1.54) is 0 Å². The van der Waals surface area contributed by atoms with E-state index in [2.05, 4.69) is 10.3 Å². The molecule has 1 heterocycles. The van der Waals surface area contributed by atoms with Gasteiger partial charge < -0.3 is 16.2 Å². The van der Waals surface area contributed by atoms with Crippen molar-refractivity contribution in [1.82, 2.24) is 4.98 Å². The maximum atomic E-state index is 11.2. The number of anilines is 1. The Morgan fingerprint density at radius 1 is 1.69 bits per heavy atom. The average Bonchev–Trinajstić information content (AvgIpc) is 2.29. The smallest absolute Gasteiger partial charge is 0.252 e. The molecule has 5 heteroatoms. The van der Waals surface area contributed by atoms with Crippen LogP contribution in [0.1, 0.15) is 30.6 Å². The summed E-state index contributed by atoms with van der Waals surface area (Å²) < 4.78 is 0. The molecule has 1 rings (SSSR count). The highest BCUT2D eigenvalue weighted by Gasteiger charge is 2.23. The number of nitrogens with zero attached hydrogens (tertiary/aromatic N) is 1. The number of hydrogen-bond donors (Lipinski definition) is 3. The molecule has 0 aliphatic rings. The van der Waals surface area contributed by atoms with E-state index in [0.717, 1.165) is 0 Å². The van der Waals surface area contributed by atoms with Gasteiger partial charge in [0.15, 0.2) is 0 Å². The number of nitrogens with one attached hydrogen (secondary N) is 1. The normalized spacial score (nSPS) is 14.2. The fraction of sp³-hybridized carbons (Fsp3) is 0.455. The quantitative estimate of drug-likeness (QED) is 0.687. The summed E-state index contributed by atoms with van der Waals surface area (Å²) in [7, 11) is 0. The number of nitrogens with two attached hydrogens (primary N) is 1. The Labute approximate surface area is 94.7 Å². The second-order valence-corrected chi connectivity index (χ2v) is 3.96. The third kappa shape index (κ3) is 2.70. The largest absolute Gasteiger partial charge is 0.394 e. The van der Waals surface area contributed by atoms with Gasteiger partial charge in [0.05, 0.1) is 17.7 Å². The van der Waals surface area contributed by atoms with Crippen LogP contribution in [0.2, 0.25) is 0 Å². The number of primary amides is 1. The summed E-state index contributed by atoms with van der Waals surface area (Å²) in [5.74, 6) is -0.125. The van der Waals surface area contributed by atoms with Crippen molar-refractivity contribution in [3.8, 4) is 0 Å². The molecule has 0 fully saturated rings. The molecular formula is C11H17N3O2. The Bertz CT molecular complexity index is 375. The molecule has 0 saturated carbocycles. The minimum Gasteiger partial charge on any atom is -0.394 e. The minimum atomic E-state index is -0.535. The van der Waals surface area contributed by atoms with Gasteiger partial charge in [0.2, 0.25) is 0 Å². The van der Waals surface area contributed by atoms with E-state index in [1.807, 2.05) is 13.8 Å². The molecule has 1 aromatic rings. The third-order valence-corrected chi connectivity index (χ3v) is 2.62. The zero-order chi connectivity index (χ0) is 12.2. The van der Waals surface area contributed by atoms with Crippen LogP contribution in [0.25, 0.3) is 0 Å². The first kappa shape index (κ1) is 12.4. The van der Waals surface area contributed by atoms with E-state index in [-0.39, 0.29) is 6.61 Å². The summed E-state index contributed by atoms with van der Waals surface area (Å²) in [5, 5.41) is 12.3. The molecule has 88 valence electrons. The van der Waals surface area contributed by atoms with Crippen molar-refractivity contribution >= 4 is 11.7 Å². The van der Waals surface area contributed by atoms with Crippen LogP contribution >= 0.6 is 0 Å². The SMILES string of the molecule is CCC(C)(CO)Nc1ncccc1C(N)=O. The van der Waals surface area contributed by atoms with Gasteiger partial charge in [0.25, 0.3) is 5.91 Å². The Kier molecular flexibility index (Phi) is 3.84. The zero-order valence-electron chi connectivity index (χ0n) is 9.53. The predicted molar refractivity (Wildman–Crippen MR) is 62.2 cm³/mol. The number of hydrogen-bond acceptors (Lipinski definition) is 4. The lowest BCUT2D eigenvalue weighted by Crippen LogP contribution is -2.39. The molecule has 0 aliphatic heterocycles. The summed E-state index contributed by atoms with van der Waals surface area (Å²) in [4.78, 5) is 15.2. The van der Waals surface area contributed by atoms with Gasteiger partial charge >= 0.3 is 0 Å². The standard InChI is InChI=1S/C11H17N3O2/c1-3-11(2,7-15)14-10-8(9(12)16)5-4-6-13-10/h4-6,15H,3,7H2,1-2H3,(H2,12,16)(H,13,14). The van der Waals surface area contributed by atoms with Crippen LogP contribution in [0.5, 0.6) is 0 Å². The van der Waals surface area contributed by atoms with Gasteiger partial charge in [-0.15, -0.1) is 0 Å². The average molecular weight is 223 g/mol. The predicted octanol–water partition coefficient (Wildman–Crippen LogP) is 0.753. The lowest BCUT2D eigenvalue weighted by Gasteiger charge is -2.28. The first-order valence-corrected chi connectivity index (χ1v) is 5.16. The van der Waals surface area contributed by atoms with Crippen LogP contribution in [0.3, 0.4) is 0 Å². The molecule has 1 atom stereocenters. The van der Waals surface area contributed by atoms with Crippen molar-refractivity contribution in [3.05, 3.63) is 23.9 Å². The summed E-state index contributed by atoms with van der Waals surface area (Å²) in [6.45, 7) is 3.75. The number of aliphatic hydroxyl groups is 1. The van der Waals surface area contributed by atoms with Crippen molar-refractivity contribution in [1.29, 1.82) is 0 Å². The summed E-state index contributed by atoms with van der Waals surface area (Å²) in [5.41, 5.74) is 5.06. The molecule has 0 bridgehead atoms. The van der Waals surface area contributed by atoms with Crippen LogP contribution in [0.15, 0.2) is 18.3 Å². The van der Waals surface area contributed by atoms with E-state index in [4.69, 9.17) is 5.73 Å². The van der Waals surface area contributed by atoms with Crippen LogP contribution in [0.4, 0.5) is 5.82 Å². The van der Waals surface area contributed by atoms with Crippen molar-refractivity contribution in [2.24, 2.45) is 5.73 Å². The molecule has 1 aromatic heterocycles. The number of carbonyl (C=O) groups excluding carboxylic acids is 1. The van der Waals surface area contributed by atoms with Crippen molar-refractivity contribution in [3.63, 3.8) is 0 Å². The lowest BCUT2D eigenvalue weighted by atomic mass is 10.00. The minimum absolute atomic E-state index is 0.0434. The fourth-order valence-electron chi connectivity index (χ4n) is 1.23.